The predicted octanol–water partition coefficient (Wildman–Crippen LogP) is 6.32. The number of aromatic nitrogens is 1. The molecule has 0 saturated carbocycles. The molecule has 0 radical (unpaired) electrons. The van der Waals surface area contributed by atoms with E-state index in [1.807, 2.05) is 54.7 Å². The summed E-state index contributed by atoms with van der Waals surface area (Å²) >= 11 is 12.0. The number of benzene rings is 3. The van der Waals surface area contributed by atoms with E-state index in [1.165, 1.54) is 6.08 Å². The second-order valence-electron chi connectivity index (χ2n) is 7.61. The number of nitriles is 1. The van der Waals surface area contributed by atoms with E-state index in [9.17, 15) is 10.1 Å². The summed E-state index contributed by atoms with van der Waals surface area (Å²) in [5.41, 5.74) is 3.65. The first kappa shape index (κ1) is 23.4. The van der Waals surface area contributed by atoms with Crippen LogP contribution >= 0.6 is 23.2 Å². The molecule has 0 aliphatic carbocycles. The smallest absolute Gasteiger partial charge is 0.261 e. The van der Waals surface area contributed by atoms with E-state index in [2.05, 4.69) is 10.3 Å². The number of rotatable bonds is 8. The molecule has 4 rings (SSSR count). The Labute approximate surface area is 207 Å². The fourth-order valence-electron chi connectivity index (χ4n) is 3.57. The van der Waals surface area contributed by atoms with Crippen molar-refractivity contribution in [1.82, 2.24) is 10.3 Å². The largest absolute Gasteiger partial charge is 0.488 e. The van der Waals surface area contributed by atoms with Crippen LogP contribution in [-0.2, 0) is 17.8 Å². The van der Waals surface area contributed by atoms with Crippen LogP contribution < -0.4 is 10.1 Å². The van der Waals surface area contributed by atoms with E-state index in [4.69, 9.17) is 27.9 Å². The van der Waals surface area contributed by atoms with Gasteiger partial charge < -0.3 is 15.0 Å². The number of carbonyl (C=O) groups is 1. The molecule has 2 N–H and O–H groups in total. The molecular weight excluding hydrogens is 469 g/mol. The zero-order valence-electron chi connectivity index (χ0n) is 18.1. The molecule has 0 atom stereocenters. The van der Waals surface area contributed by atoms with Gasteiger partial charge in [-0.05, 0) is 47.9 Å². The van der Waals surface area contributed by atoms with Crippen LogP contribution in [0.2, 0.25) is 10.0 Å². The Morgan fingerprint density at radius 1 is 1.06 bits per heavy atom. The van der Waals surface area contributed by atoms with Crippen LogP contribution in [-0.4, -0.2) is 17.4 Å². The quantitative estimate of drug-likeness (QED) is 0.224. The Morgan fingerprint density at radius 3 is 2.68 bits per heavy atom. The van der Waals surface area contributed by atoms with Crippen molar-refractivity contribution in [2.24, 2.45) is 0 Å². The summed E-state index contributed by atoms with van der Waals surface area (Å²) in [6.45, 7) is 0.676. The van der Waals surface area contributed by atoms with Crippen molar-refractivity contribution < 1.29 is 9.53 Å². The summed E-state index contributed by atoms with van der Waals surface area (Å²) in [6, 6.07) is 22.5. The molecule has 5 nitrogen and oxygen atoms in total. The number of carbonyl (C=O) groups excluding carboxylic acids is 1. The van der Waals surface area contributed by atoms with E-state index in [-0.39, 0.29) is 12.2 Å². The van der Waals surface area contributed by atoms with Gasteiger partial charge >= 0.3 is 0 Å². The predicted molar refractivity (Wildman–Crippen MR) is 136 cm³/mol. The van der Waals surface area contributed by atoms with Crippen LogP contribution in [0.15, 0.2) is 78.5 Å². The van der Waals surface area contributed by atoms with Gasteiger partial charge in [-0.15, -0.1) is 0 Å². The van der Waals surface area contributed by atoms with Crippen LogP contribution in [0.3, 0.4) is 0 Å². The molecule has 1 heterocycles. The number of hydrogen-bond acceptors (Lipinski definition) is 3. The Balaban J connectivity index is 1.41. The average Bonchev–Trinajstić information content (AvgIpc) is 3.27. The lowest BCUT2D eigenvalue weighted by atomic mass is 10.1. The normalized spacial score (nSPS) is 11.3. The van der Waals surface area contributed by atoms with Crippen molar-refractivity contribution in [3.63, 3.8) is 0 Å². The minimum absolute atomic E-state index is 0.00418. The lowest BCUT2D eigenvalue weighted by molar-refractivity contribution is -0.117. The van der Waals surface area contributed by atoms with Gasteiger partial charge in [-0.25, -0.2) is 0 Å². The molecule has 0 saturated heterocycles. The third-order valence-corrected chi connectivity index (χ3v) is 6.06. The zero-order chi connectivity index (χ0) is 23.9. The standard InChI is InChI=1S/C27H21Cl2N3O2/c28-23-10-9-18(13-24(23)29)17-34-26-8-4-1-5-19(26)14-21(15-30)27(33)31-12-11-20-16-32-25-7-3-2-6-22(20)25/h1-10,13-14,16,32H,11-12,17H2,(H,31,33)/b21-14-. The third kappa shape index (κ3) is 5.60. The van der Waals surface area contributed by atoms with Gasteiger partial charge in [0, 0.05) is 29.2 Å². The fourth-order valence-corrected chi connectivity index (χ4v) is 3.89. The fraction of sp³-hybridized carbons (Fsp3) is 0.111. The molecule has 0 aliphatic rings. The number of aromatic amines is 1. The van der Waals surface area contributed by atoms with E-state index >= 15 is 0 Å². The first-order chi connectivity index (χ1) is 16.5. The average molecular weight is 490 g/mol. The first-order valence-electron chi connectivity index (χ1n) is 10.7. The number of nitrogens with zero attached hydrogens (tertiary/aromatic N) is 1. The third-order valence-electron chi connectivity index (χ3n) is 5.32. The van der Waals surface area contributed by atoms with Gasteiger partial charge in [-0.2, -0.15) is 5.26 Å². The number of nitrogens with one attached hydrogen (secondary N) is 2. The molecule has 3 aromatic carbocycles. The second kappa shape index (κ2) is 10.9. The topological polar surface area (TPSA) is 77.9 Å². The minimum Gasteiger partial charge on any atom is -0.488 e. The monoisotopic (exact) mass is 489 g/mol. The Hall–Kier alpha value is -3.72. The Bertz CT molecular complexity index is 1400. The van der Waals surface area contributed by atoms with Gasteiger partial charge in [0.15, 0.2) is 0 Å². The lowest BCUT2D eigenvalue weighted by Crippen LogP contribution is -2.26. The van der Waals surface area contributed by atoms with Crippen LogP contribution in [0.25, 0.3) is 17.0 Å². The SMILES string of the molecule is N#C/C(=C/c1ccccc1OCc1ccc(Cl)c(Cl)c1)C(=O)NCCc1c[nH]c2ccccc12. The lowest BCUT2D eigenvalue weighted by Gasteiger charge is -2.10. The summed E-state index contributed by atoms with van der Waals surface area (Å²) in [5.74, 6) is 0.120. The van der Waals surface area contributed by atoms with Crippen molar-refractivity contribution in [2.45, 2.75) is 13.0 Å². The van der Waals surface area contributed by atoms with E-state index in [0.29, 0.717) is 34.3 Å². The molecule has 170 valence electrons. The minimum atomic E-state index is -0.429. The van der Waals surface area contributed by atoms with Gasteiger partial charge in [-0.3, -0.25) is 4.79 Å². The van der Waals surface area contributed by atoms with Gasteiger partial charge in [0.2, 0.25) is 0 Å². The van der Waals surface area contributed by atoms with Gasteiger partial charge in [0.1, 0.15) is 24.0 Å². The van der Waals surface area contributed by atoms with Crippen LogP contribution in [0.4, 0.5) is 0 Å². The highest BCUT2D eigenvalue weighted by atomic mass is 35.5. The summed E-state index contributed by atoms with van der Waals surface area (Å²) < 4.78 is 5.92. The zero-order valence-corrected chi connectivity index (χ0v) is 19.7. The summed E-state index contributed by atoms with van der Waals surface area (Å²) in [7, 11) is 0. The van der Waals surface area contributed by atoms with E-state index in [0.717, 1.165) is 22.0 Å². The second-order valence-corrected chi connectivity index (χ2v) is 8.42. The van der Waals surface area contributed by atoms with Crippen molar-refractivity contribution in [1.29, 1.82) is 5.26 Å². The molecule has 0 bridgehead atoms. The number of amides is 1. The Kier molecular flexibility index (Phi) is 7.54. The molecule has 34 heavy (non-hydrogen) atoms. The van der Waals surface area contributed by atoms with Crippen molar-refractivity contribution in [3.8, 4) is 11.8 Å². The maximum atomic E-state index is 12.7. The molecule has 0 fully saturated rings. The van der Waals surface area contributed by atoms with Crippen LogP contribution in [0, 0.1) is 11.3 Å². The van der Waals surface area contributed by atoms with Crippen molar-refractivity contribution in [3.05, 3.63) is 105 Å². The van der Waals surface area contributed by atoms with Crippen molar-refractivity contribution >= 4 is 46.1 Å². The molecule has 1 aromatic heterocycles. The highest BCUT2D eigenvalue weighted by Crippen LogP contribution is 2.25. The number of fused-ring (bicyclic) bond motifs is 1. The van der Waals surface area contributed by atoms with Crippen LogP contribution in [0.5, 0.6) is 5.75 Å². The highest BCUT2D eigenvalue weighted by Gasteiger charge is 2.12. The van der Waals surface area contributed by atoms with Gasteiger partial charge in [0.05, 0.1) is 10.0 Å². The highest BCUT2D eigenvalue weighted by molar-refractivity contribution is 6.42. The summed E-state index contributed by atoms with van der Waals surface area (Å²) in [5, 5.41) is 14.5. The number of para-hydroxylation sites is 2. The maximum absolute atomic E-state index is 12.7. The van der Waals surface area contributed by atoms with E-state index in [1.54, 1.807) is 24.3 Å². The number of halogens is 2. The van der Waals surface area contributed by atoms with Gasteiger partial charge in [0.25, 0.3) is 5.91 Å². The number of H-pyrrole nitrogens is 1. The number of ether oxygens (including phenoxy) is 1. The first-order valence-corrected chi connectivity index (χ1v) is 11.4. The molecule has 0 unspecified atom stereocenters. The molecule has 0 spiro atoms. The van der Waals surface area contributed by atoms with Crippen LogP contribution in [0.1, 0.15) is 16.7 Å². The van der Waals surface area contributed by atoms with E-state index < -0.39 is 5.91 Å². The van der Waals surface area contributed by atoms with Gasteiger partial charge in [-0.1, -0.05) is 65.7 Å². The number of hydrogen-bond donors (Lipinski definition) is 2. The molecule has 0 aliphatic heterocycles. The Morgan fingerprint density at radius 2 is 1.85 bits per heavy atom. The molecule has 4 aromatic rings. The summed E-state index contributed by atoms with van der Waals surface area (Å²) in [4.78, 5) is 15.9. The summed E-state index contributed by atoms with van der Waals surface area (Å²) in [6.07, 6.45) is 4.13. The van der Waals surface area contributed by atoms with Crippen molar-refractivity contribution in [2.75, 3.05) is 6.54 Å². The molecular formula is C27H21Cl2N3O2. The molecule has 7 heteroatoms. The molecule has 1 amide bonds. The maximum Gasteiger partial charge on any atom is 0.261 e.